The van der Waals surface area contributed by atoms with Crippen molar-refractivity contribution in [2.24, 2.45) is 5.73 Å². The number of aryl methyl sites for hydroxylation is 1. The van der Waals surface area contributed by atoms with Crippen LogP contribution >= 0.6 is 0 Å². The molecule has 5 nitrogen and oxygen atoms in total. The molecule has 1 radical (unpaired) electrons. The van der Waals surface area contributed by atoms with E-state index in [-0.39, 0.29) is 0 Å². The van der Waals surface area contributed by atoms with Gasteiger partial charge in [0.05, 0.1) is 11.1 Å². The van der Waals surface area contributed by atoms with Crippen LogP contribution in [0.25, 0.3) is 10.9 Å². The van der Waals surface area contributed by atoms with E-state index in [1.54, 1.807) is 0 Å². The maximum atomic E-state index is 12.0. The van der Waals surface area contributed by atoms with E-state index in [0.29, 0.717) is 11.6 Å². The second kappa shape index (κ2) is 6.16. The summed E-state index contributed by atoms with van der Waals surface area (Å²) in [5.41, 5.74) is 7.98. The normalized spacial score (nSPS) is 16.3. The third kappa shape index (κ3) is 2.88. The zero-order chi connectivity index (χ0) is 16.6. The van der Waals surface area contributed by atoms with Crippen molar-refractivity contribution in [1.29, 1.82) is 0 Å². The highest BCUT2D eigenvalue weighted by Gasteiger charge is 2.26. The molecule has 0 spiro atoms. The van der Waals surface area contributed by atoms with Gasteiger partial charge >= 0.3 is 0 Å². The second-order valence-electron chi connectivity index (χ2n) is 6.42. The fourth-order valence-electron chi connectivity index (χ4n) is 3.41. The zero-order valence-corrected chi connectivity index (χ0v) is 14.0. The standard InChI is InChI=1S/C18H23N4O/c1-12-14-6-4-5-7-15(14)20-18(16(12)17(19)23)22-10-8-13(9-11-22)21(2)3/h5-7,13H,8-11H2,1-3H3,(H2,19,23). The van der Waals surface area contributed by atoms with Crippen molar-refractivity contribution in [2.75, 3.05) is 32.1 Å². The van der Waals surface area contributed by atoms with Crippen LogP contribution in [0.15, 0.2) is 18.2 Å². The monoisotopic (exact) mass is 311 g/mol. The smallest absolute Gasteiger partial charge is 0.252 e. The van der Waals surface area contributed by atoms with Gasteiger partial charge in [-0.15, -0.1) is 0 Å². The Bertz CT molecular complexity index is 733. The van der Waals surface area contributed by atoms with E-state index in [1.165, 1.54) is 0 Å². The Morgan fingerprint density at radius 1 is 1.39 bits per heavy atom. The molecule has 0 saturated carbocycles. The van der Waals surface area contributed by atoms with Crippen LogP contribution in [0.2, 0.25) is 0 Å². The van der Waals surface area contributed by atoms with Crippen LogP contribution in [0.1, 0.15) is 28.8 Å². The molecule has 1 amide bonds. The first-order valence-electron chi connectivity index (χ1n) is 8.00. The SMILES string of the molecule is Cc1c(C(N)=O)c(N2CCC(N(C)C)CC2)nc2cc[c]cc12. The molecule has 2 N–H and O–H groups in total. The Balaban J connectivity index is 2.03. The second-order valence-corrected chi connectivity index (χ2v) is 6.42. The highest BCUT2D eigenvalue weighted by atomic mass is 16.1. The minimum Gasteiger partial charge on any atom is -0.365 e. The summed E-state index contributed by atoms with van der Waals surface area (Å²) in [6, 6.07) is 9.28. The number of carbonyl (C=O) groups excluding carboxylic acids is 1. The number of anilines is 1. The number of piperidine rings is 1. The van der Waals surface area contributed by atoms with Crippen molar-refractivity contribution in [2.45, 2.75) is 25.8 Å². The van der Waals surface area contributed by atoms with E-state index in [4.69, 9.17) is 10.7 Å². The molecular formula is C18H23N4O. The summed E-state index contributed by atoms with van der Waals surface area (Å²) in [7, 11) is 4.23. The molecule has 1 aliphatic heterocycles. The average Bonchev–Trinajstić information content (AvgIpc) is 2.54. The van der Waals surface area contributed by atoms with E-state index < -0.39 is 5.91 Å². The number of rotatable bonds is 3. The summed E-state index contributed by atoms with van der Waals surface area (Å²) < 4.78 is 0. The lowest BCUT2D eigenvalue weighted by Crippen LogP contribution is -2.43. The number of hydrogen-bond donors (Lipinski definition) is 1. The number of carbonyl (C=O) groups is 1. The molecule has 0 unspecified atom stereocenters. The predicted octanol–water partition coefficient (Wildman–Crippen LogP) is 1.97. The first-order chi connectivity index (χ1) is 11.0. The lowest BCUT2D eigenvalue weighted by atomic mass is 10.00. The Kier molecular flexibility index (Phi) is 4.22. The first kappa shape index (κ1) is 15.7. The molecule has 1 fully saturated rings. The molecule has 0 bridgehead atoms. The fraction of sp³-hybridized carbons (Fsp3) is 0.444. The van der Waals surface area contributed by atoms with Crippen LogP contribution in [0, 0.1) is 13.0 Å². The number of hydrogen-bond acceptors (Lipinski definition) is 4. The summed E-state index contributed by atoms with van der Waals surface area (Å²) >= 11 is 0. The van der Waals surface area contributed by atoms with E-state index >= 15 is 0 Å². The third-order valence-corrected chi connectivity index (χ3v) is 4.81. The minimum atomic E-state index is -0.412. The van der Waals surface area contributed by atoms with Crippen molar-refractivity contribution < 1.29 is 4.79 Å². The number of benzene rings is 1. The molecule has 2 heterocycles. The first-order valence-corrected chi connectivity index (χ1v) is 8.00. The van der Waals surface area contributed by atoms with E-state index in [1.807, 2.05) is 25.1 Å². The van der Waals surface area contributed by atoms with Crippen LogP contribution in [-0.2, 0) is 0 Å². The summed E-state index contributed by atoms with van der Waals surface area (Å²) in [4.78, 5) is 21.2. The Labute approximate surface area is 137 Å². The van der Waals surface area contributed by atoms with Gasteiger partial charge in [-0.25, -0.2) is 4.98 Å². The van der Waals surface area contributed by atoms with Crippen LogP contribution in [-0.4, -0.2) is 49.0 Å². The van der Waals surface area contributed by atoms with Crippen molar-refractivity contribution in [3.05, 3.63) is 35.4 Å². The Morgan fingerprint density at radius 3 is 2.70 bits per heavy atom. The number of aromatic nitrogens is 1. The van der Waals surface area contributed by atoms with Crippen molar-refractivity contribution in [3.8, 4) is 0 Å². The largest absolute Gasteiger partial charge is 0.365 e. The average molecular weight is 311 g/mol. The molecule has 0 aliphatic carbocycles. The molecule has 1 aliphatic rings. The van der Waals surface area contributed by atoms with E-state index in [2.05, 4.69) is 30.0 Å². The third-order valence-electron chi connectivity index (χ3n) is 4.81. The van der Waals surface area contributed by atoms with E-state index in [9.17, 15) is 4.79 Å². The number of amides is 1. The lowest BCUT2D eigenvalue weighted by molar-refractivity contribution is 0.1000. The van der Waals surface area contributed by atoms with Gasteiger partial charge in [0.25, 0.3) is 5.91 Å². The molecule has 121 valence electrons. The van der Waals surface area contributed by atoms with Crippen molar-refractivity contribution in [1.82, 2.24) is 9.88 Å². The summed E-state index contributed by atoms with van der Waals surface area (Å²) in [5, 5.41) is 0.938. The summed E-state index contributed by atoms with van der Waals surface area (Å²) in [6.45, 7) is 3.72. The topological polar surface area (TPSA) is 62.5 Å². The Morgan fingerprint density at radius 2 is 2.09 bits per heavy atom. The Hall–Kier alpha value is -2.14. The number of nitrogens with two attached hydrogens (primary N) is 1. The van der Waals surface area contributed by atoms with Gasteiger partial charge in [-0.1, -0.05) is 6.07 Å². The molecule has 5 heteroatoms. The fourth-order valence-corrected chi connectivity index (χ4v) is 3.41. The zero-order valence-electron chi connectivity index (χ0n) is 14.0. The van der Waals surface area contributed by atoms with Crippen molar-refractivity contribution >= 4 is 22.6 Å². The predicted molar refractivity (Wildman–Crippen MR) is 92.8 cm³/mol. The number of primary amides is 1. The van der Waals surface area contributed by atoms with Gasteiger partial charge in [-0.2, -0.15) is 0 Å². The molecule has 1 saturated heterocycles. The highest BCUT2D eigenvalue weighted by Crippen LogP contribution is 2.30. The van der Waals surface area contributed by atoms with Gasteiger partial charge in [-0.05, 0) is 57.6 Å². The van der Waals surface area contributed by atoms with Gasteiger partial charge in [0.15, 0.2) is 0 Å². The van der Waals surface area contributed by atoms with Gasteiger partial charge in [0.2, 0.25) is 0 Å². The van der Waals surface area contributed by atoms with Gasteiger partial charge in [0, 0.05) is 24.5 Å². The summed E-state index contributed by atoms with van der Waals surface area (Å²) in [6.07, 6.45) is 2.12. The van der Waals surface area contributed by atoms with Crippen molar-refractivity contribution in [3.63, 3.8) is 0 Å². The van der Waals surface area contributed by atoms with Crippen LogP contribution < -0.4 is 10.6 Å². The molecule has 1 aromatic heterocycles. The molecule has 23 heavy (non-hydrogen) atoms. The van der Waals surface area contributed by atoms with Crippen LogP contribution in [0.4, 0.5) is 5.82 Å². The van der Waals surface area contributed by atoms with E-state index in [0.717, 1.165) is 48.2 Å². The lowest BCUT2D eigenvalue weighted by Gasteiger charge is -2.36. The van der Waals surface area contributed by atoms with Gasteiger partial charge < -0.3 is 15.5 Å². The number of pyridine rings is 1. The maximum Gasteiger partial charge on any atom is 0.252 e. The number of nitrogens with zero attached hydrogens (tertiary/aromatic N) is 3. The van der Waals surface area contributed by atoms with Gasteiger partial charge in [0.1, 0.15) is 5.82 Å². The number of fused-ring (bicyclic) bond motifs is 1. The molecule has 3 rings (SSSR count). The van der Waals surface area contributed by atoms with Crippen LogP contribution in [0.3, 0.4) is 0 Å². The molecule has 0 atom stereocenters. The summed E-state index contributed by atoms with van der Waals surface area (Å²) in [5.74, 6) is 0.316. The van der Waals surface area contributed by atoms with Crippen LogP contribution in [0.5, 0.6) is 0 Å². The minimum absolute atomic E-state index is 0.412. The molecule has 2 aromatic rings. The van der Waals surface area contributed by atoms with Gasteiger partial charge in [-0.3, -0.25) is 4.79 Å². The quantitative estimate of drug-likeness (QED) is 0.941. The molecule has 1 aromatic carbocycles. The molecular weight excluding hydrogens is 288 g/mol. The maximum absolute atomic E-state index is 12.0. The highest BCUT2D eigenvalue weighted by molar-refractivity contribution is 6.04.